The Balaban J connectivity index is 2.12. The number of pyridine rings is 1. The molecule has 0 aliphatic heterocycles. The molecule has 8 nitrogen and oxygen atoms in total. The normalized spacial score (nSPS) is 13.9. The Labute approximate surface area is 232 Å². The van der Waals surface area contributed by atoms with Crippen LogP contribution in [0.4, 0.5) is 36.8 Å². The molecular formula is C25H23BrF6N4O4. The number of anilines is 1. The molecule has 1 aromatic carbocycles. The minimum absolute atomic E-state index is 0.414. The number of halogens is 7. The molecule has 2 heterocycles. The van der Waals surface area contributed by atoms with Gasteiger partial charge in [0.05, 0.1) is 17.9 Å². The zero-order chi connectivity index (χ0) is 29.9. The maximum absolute atomic E-state index is 14.5. The summed E-state index contributed by atoms with van der Waals surface area (Å²) in [5, 5.41) is 9.22. The summed E-state index contributed by atoms with van der Waals surface area (Å²) in [5.74, 6) is -1.77. The van der Waals surface area contributed by atoms with Gasteiger partial charge in [-0.25, -0.2) is 9.78 Å². The minimum atomic E-state index is -5.09. The smallest absolute Gasteiger partial charge is 0.426 e. The molecule has 1 unspecified atom stereocenters. The van der Waals surface area contributed by atoms with Gasteiger partial charge in [0.1, 0.15) is 10.2 Å². The quantitative estimate of drug-likeness (QED) is 0.153. The third kappa shape index (κ3) is 7.18. The fraction of sp³-hybridized carbons (Fsp3) is 0.360. The SMILES string of the molecule is C=CCC(OCc1ccccc1)(c1nnc(-c2nc(Br)c(C(F)(F)F)cc2NC(=O)OC(C)(C)C)o1)C(F)(F)F. The molecule has 0 saturated carbocycles. The number of nitrogens with one attached hydrogen (secondary N) is 1. The van der Waals surface area contributed by atoms with E-state index in [4.69, 9.17) is 13.9 Å². The molecule has 2 aromatic heterocycles. The molecule has 3 rings (SSSR count). The van der Waals surface area contributed by atoms with Crippen molar-refractivity contribution in [3.05, 3.63) is 70.7 Å². The van der Waals surface area contributed by atoms with Crippen LogP contribution in [0.5, 0.6) is 0 Å². The van der Waals surface area contributed by atoms with E-state index in [2.05, 4.69) is 43.0 Å². The number of benzene rings is 1. The largest absolute Gasteiger partial charge is 0.444 e. The fourth-order valence-electron chi connectivity index (χ4n) is 3.35. The molecule has 0 spiro atoms. The topological polar surface area (TPSA) is 99.4 Å². The van der Waals surface area contributed by atoms with Gasteiger partial charge in [-0.3, -0.25) is 5.32 Å². The predicted octanol–water partition coefficient (Wildman–Crippen LogP) is 7.81. The number of ether oxygens (including phenoxy) is 2. The van der Waals surface area contributed by atoms with Gasteiger partial charge < -0.3 is 13.9 Å². The van der Waals surface area contributed by atoms with Crippen LogP contribution in [0.2, 0.25) is 0 Å². The van der Waals surface area contributed by atoms with Gasteiger partial charge in [0, 0.05) is 6.42 Å². The zero-order valence-corrected chi connectivity index (χ0v) is 22.9. The molecule has 0 fully saturated rings. The van der Waals surface area contributed by atoms with Crippen LogP contribution in [0, 0.1) is 0 Å². The highest BCUT2D eigenvalue weighted by Gasteiger charge is 2.60. The number of amides is 1. The maximum Gasteiger partial charge on any atom is 0.426 e. The van der Waals surface area contributed by atoms with Crippen LogP contribution in [-0.2, 0) is 27.9 Å². The van der Waals surface area contributed by atoms with Crippen molar-refractivity contribution in [1.82, 2.24) is 15.2 Å². The van der Waals surface area contributed by atoms with Crippen LogP contribution in [-0.4, -0.2) is 33.1 Å². The Morgan fingerprint density at radius 1 is 1.10 bits per heavy atom. The Morgan fingerprint density at radius 3 is 2.30 bits per heavy atom. The van der Waals surface area contributed by atoms with Crippen LogP contribution in [0.25, 0.3) is 11.6 Å². The van der Waals surface area contributed by atoms with Gasteiger partial charge in [-0.05, 0) is 48.3 Å². The summed E-state index contributed by atoms with van der Waals surface area (Å²) in [7, 11) is 0. The van der Waals surface area contributed by atoms with Crippen LogP contribution in [0.15, 0.2) is 58.1 Å². The first-order valence-electron chi connectivity index (χ1n) is 11.4. The summed E-state index contributed by atoms with van der Waals surface area (Å²) in [6, 6.07) is 8.50. The van der Waals surface area contributed by atoms with Crippen LogP contribution >= 0.6 is 15.9 Å². The summed E-state index contributed by atoms with van der Waals surface area (Å²) in [4.78, 5) is 16.1. The number of aromatic nitrogens is 3. The van der Waals surface area contributed by atoms with Gasteiger partial charge in [0.2, 0.25) is 5.60 Å². The minimum Gasteiger partial charge on any atom is -0.444 e. The lowest BCUT2D eigenvalue weighted by atomic mass is 9.98. The molecule has 0 radical (unpaired) electrons. The molecule has 3 aromatic rings. The number of alkyl halides is 6. The molecule has 1 amide bonds. The van der Waals surface area contributed by atoms with Gasteiger partial charge in [-0.15, -0.1) is 16.8 Å². The molecule has 0 aliphatic carbocycles. The molecule has 40 heavy (non-hydrogen) atoms. The monoisotopic (exact) mass is 636 g/mol. The van der Waals surface area contributed by atoms with E-state index in [0.29, 0.717) is 11.6 Å². The lowest BCUT2D eigenvalue weighted by Gasteiger charge is -2.31. The summed E-state index contributed by atoms with van der Waals surface area (Å²) in [6.45, 7) is 7.42. The maximum atomic E-state index is 14.5. The number of nitrogens with zero attached hydrogens (tertiary/aromatic N) is 3. The van der Waals surface area contributed by atoms with Crippen molar-refractivity contribution in [3.63, 3.8) is 0 Å². The summed E-state index contributed by atoms with van der Waals surface area (Å²) in [6.07, 6.45) is -11.0. The van der Waals surface area contributed by atoms with Crippen LogP contribution < -0.4 is 5.32 Å². The van der Waals surface area contributed by atoms with Gasteiger partial charge in [0.15, 0.2) is 5.69 Å². The van der Waals surface area contributed by atoms with E-state index in [1.54, 1.807) is 30.3 Å². The lowest BCUT2D eigenvalue weighted by molar-refractivity contribution is -0.295. The van der Waals surface area contributed by atoms with E-state index >= 15 is 0 Å². The Morgan fingerprint density at radius 2 is 1.75 bits per heavy atom. The van der Waals surface area contributed by atoms with Gasteiger partial charge in [0.25, 0.3) is 11.8 Å². The highest BCUT2D eigenvalue weighted by atomic mass is 79.9. The second kappa shape index (κ2) is 11.6. The average Bonchev–Trinajstić information content (AvgIpc) is 3.31. The van der Waals surface area contributed by atoms with Gasteiger partial charge in [-0.1, -0.05) is 36.4 Å². The fourth-order valence-corrected chi connectivity index (χ4v) is 3.87. The summed E-state index contributed by atoms with van der Waals surface area (Å²) < 4.78 is 99.2. The third-order valence-corrected chi connectivity index (χ3v) is 5.71. The molecule has 0 saturated heterocycles. The molecule has 15 heteroatoms. The number of carbonyl (C=O) groups is 1. The number of carbonyl (C=O) groups excluding carboxylic acids is 1. The molecule has 1 N–H and O–H groups in total. The first-order chi connectivity index (χ1) is 18.5. The number of rotatable bonds is 8. The molecule has 1 atom stereocenters. The first kappa shape index (κ1) is 31.1. The van der Waals surface area contributed by atoms with E-state index in [-0.39, 0.29) is 0 Å². The van der Waals surface area contributed by atoms with Crippen LogP contribution in [0.1, 0.15) is 44.2 Å². The van der Waals surface area contributed by atoms with E-state index in [9.17, 15) is 31.1 Å². The van der Waals surface area contributed by atoms with Crippen molar-refractivity contribution in [2.75, 3.05) is 5.32 Å². The number of hydrogen-bond donors (Lipinski definition) is 1. The standard InChI is InChI=1S/C25H23BrF6N4O4/c1-5-11-23(25(30,31)32,38-13-14-9-7-6-8-10-14)20-36-35-19(39-20)17-16(33-21(37)40-22(2,3)4)12-15(18(26)34-17)24(27,28)29/h5-10,12H,1,11,13H2,2-4H3,(H,33,37). The second-order valence-corrected chi connectivity index (χ2v) is 10.1. The predicted molar refractivity (Wildman–Crippen MR) is 134 cm³/mol. The van der Waals surface area contributed by atoms with Crippen molar-refractivity contribution in [2.24, 2.45) is 0 Å². The highest BCUT2D eigenvalue weighted by molar-refractivity contribution is 9.10. The molecule has 0 aliphatic rings. The average molecular weight is 637 g/mol. The number of hydrogen-bond acceptors (Lipinski definition) is 7. The second-order valence-electron chi connectivity index (χ2n) is 9.35. The van der Waals surface area contributed by atoms with E-state index in [1.165, 1.54) is 20.8 Å². The van der Waals surface area contributed by atoms with Crippen molar-refractivity contribution >= 4 is 27.7 Å². The van der Waals surface area contributed by atoms with E-state index in [1.807, 2.05) is 0 Å². The highest BCUT2D eigenvalue weighted by Crippen LogP contribution is 2.46. The Kier molecular flexibility index (Phi) is 8.99. The third-order valence-electron chi connectivity index (χ3n) is 5.11. The van der Waals surface area contributed by atoms with Crippen molar-refractivity contribution in [2.45, 2.75) is 57.4 Å². The van der Waals surface area contributed by atoms with Gasteiger partial charge in [-0.2, -0.15) is 26.3 Å². The lowest BCUT2D eigenvalue weighted by Crippen LogP contribution is -2.45. The van der Waals surface area contributed by atoms with Crippen LogP contribution in [0.3, 0.4) is 0 Å². The Bertz CT molecular complexity index is 1360. The van der Waals surface area contributed by atoms with Gasteiger partial charge >= 0.3 is 18.4 Å². The Hall–Kier alpha value is -3.46. The van der Waals surface area contributed by atoms with Crippen molar-refractivity contribution in [1.29, 1.82) is 0 Å². The van der Waals surface area contributed by atoms with Crippen molar-refractivity contribution in [3.8, 4) is 11.6 Å². The summed E-state index contributed by atoms with van der Waals surface area (Å²) in [5.41, 5.74) is -6.21. The zero-order valence-electron chi connectivity index (χ0n) is 21.3. The van der Waals surface area contributed by atoms with E-state index < -0.39 is 76.0 Å². The van der Waals surface area contributed by atoms with E-state index in [0.717, 1.165) is 6.08 Å². The molecule has 0 bridgehead atoms. The molecular weight excluding hydrogens is 614 g/mol. The van der Waals surface area contributed by atoms with Crippen molar-refractivity contribution < 1.29 is 45.0 Å². The summed E-state index contributed by atoms with van der Waals surface area (Å²) >= 11 is 2.70. The first-order valence-corrected chi connectivity index (χ1v) is 12.2. The molecule has 216 valence electrons.